The molecule has 0 rings (SSSR count). The molecule has 0 N–H and O–H groups in total. The van der Waals surface area contributed by atoms with Gasteiger partial charge in [0.2, 0.25) is 0 Å². The minimum absolute atomic E-state index is 0.111. The van der Waals surface area contributed by atoms with Crippen LogP contribution in [0.15, 0.2) is 0 Å². The zero-order valence-corrected chi connectivity index (χ0v) is 24.1. The number of carbonyl (C=O) groups is 2. The second-order valence-corrected chi connectivity index (χ2v) is 37.7. The van der Waals surface area contributed by atoms with E-state index >= 15 is 0 Å². The monoisotopic (exact) mass is 556 g/mol. The third-order valence-corrected chi connectivity index (χ3v) is 26.4. The molecule has 0 amide bonds. The topological polar surface area (TPSA) is 52.6 Å². The van der Waals surface area contributed by atoms with Crippen LogP contribution in [0.4, 0.5) is 0 Å². The molecule has 2 atom stereocenters. The normalized spacial score (nSPS) is 13.7. The first kappa shape index (κ1) is 29.4. The van der Waals surface area contributed by atoms with E-state index in [1.807, 2.05) is 0 Å². The standard InChI is InChI=1S/2C10H20O2S.2CH3.Sn/c2*1-3-5-6-9(4-2)7-12-10(11)8-13;;;/h2*9,13H,3-8H2,1-2H3;2*1H3;/q;;;;+2/p-2/t2*9-;;;/m10.../s1. The molecule has 0 heterocycles. The molecule has 0 unspecified atom stereocenters. The molecule has 0 spiro atoms. The Bertz CT molecular complexity index is 409. The Morgan fingerprint density at radius 2 is 1.14 bits per heavy atom. The van der Waals surface area contributed by atoms with E-state index in [1.165, 1.54) is 25.7 Å². The van der Waals surface area contributed by atoms with Gasteiger partial charge in [0.1, 0.15) is 0 Å². The fraction of sp³-hybridized carbons (Fsp3) is 0.909. The van der Waals surface area contributed by atoms with Crippen LogP contribution in [0, 0.1) is 11.8 Å². The van der Waals surface area contributed by atoms with Gasteiger partial charge in [-0.05, 0) is 0 Å². The summed E-state index contributed by atoms with van der Waals surface area (Å²) in [6.07, 6.45) is 9.12. The fourth-order valence-corrected chi connectivity index (χ4v) is 16.7. The van der Waals surface area contributed by atoms with Crippen LogP contribution in [0.2, 0.25) is 9.88 Å². The molecule has 172 valence electrons. The molecule has 0 bridgehead atoms. The van der Waals surface area contributed by atoms with E-state index < -0.39 is 15.6 Å². The number of unbranched alkanes of at least 4 members (excludes halogenated alkanes) is 2. The van der Waals surface area contributed by atoms with Gasteiger partial charge in [0, 0.05) is 0 Å². The molecular formula is C22H44O4S2Sn. The summed E-state index contributed by atoms with van der Waals surface area (Å²) in [7, 11) is 3.47. The number of hydrogen-bond acceptors (Lipinski definition) is 6. The van der Waals surface area contributed by atoms with E-state index in [4.69, 9.17) is 9.47 Å². The molecule has 7 heteroatoms. The molecule has 0 fully saturated rings. The van der Waals surface area contributed by atoms with Gasteiger partial charge in [0.15, 0.2) is 0 Å². The molecule has 0 saturated heterocycles. The first-order chi connectivity index (χ1) is 13.8. The van der Waals surface area contributed by atoms with Crippen molar-refractivity contribution in [1.82, 2.24) is 0 Å². The predicted molar refractivity (Wildman–Crippen MR) is 131 cm³/mol. The Morgan fingerprint density at radius 3 is 1.45 bits per heavy atom. The van der Waals surface area contributed by atoms with Gasteiger partial charge in [-0.15, -0.1) is 0 Å². The molecule has 0 aliphatic heterocycles. The van der Waals surface area contributed by atoms with Crippen LogP contribution >= 0.6 is 17.9 Å². The zero-order valence-electron chi connectivity index (χ0n) is 19.6. The van der Waals surface area contributed by atoms with Gasteiger partial charge in [-0.1, -0.05) is 0 Å². The first-order valence-electron chi connectivity index (χ1n) is 11.4. The Balaban J connectivity index is 4.09. The third kappa shape index (κ3) is 16.8. The summed E-state index contributed by atoms with van der Waals surface area (Å²) in [5.41, 5.74) is 0. The minimum atomic E-state index is -2.55. The van der Waals surface area contributed by atoms with Crippen LogP contribution in [0.3, 0.4) is 0 Å². The SMILES string of the molecule is CCCC[C@@H](CC)COC(=O)C[S][Sn]([CH3])([CH3])[S]CC(=O)OC[C@@H](CC)CCCC. The van der Waals surface area contributed by atoms with Crippen LogP contribution in [0.25, 0.3) is 0 Å². The van der Waals surface area contributed by atoms with Crippen molar-refractivity contribution in [3.05, 3.63) is 0 Å². The van der Waals surface area contributed by atoms with Gasteiger partial charge in [0.25, 0.3) is 0 Å². The van der Waals surface area contributed by atoms with Gasteiger partial charge in [-0.3, -0.25) is 0 Å². The summed E-state index contributed by atoms with van der Waals surface area (Å²) in [5.74, 6) is 1.55. The predicted octanol–water partition coefficient (Wildman–Crippen LogP) is 6.67. The average molecular weight is 555 g/mol. The Hall–Kier alpha value is 0.439. The number of carbonyl (C=O) groups excluding carboxylic acids is 2. The molecule has 29 heavy (non-hydrogen) atoms. The number of esters is 2. The van der Waals surface area contributed by atoms with Crippen LogP contribution in [-0.4, -0.2) is 52.3 Å². The Labute approximate surface area is 189 Å². The quantitative estimate of drug-likeness (QED) is 0.139. The van der Waals surface area contributed by atoms with Crippen molar-refractivity contribution < 1.29 is 19.1 Å². The zero-order chi connectivity index (χ0) is 22.1. The molecule has 0 aromatic carbocycles. The van der Waals surface area contributed by atoms with Gasteiger partial charge < -0.3 is 0 Å². The molecule has 0 aliphatic carbocycles. The van der Waals surface area contributed by atoms with Crippen molar-refractivity contribution in [3.8, 4) is 0 Å². The van der Waals surface area contributed by atoms with E-state index in [0.29, 0.717) is 36.6 Å². The number of ether oxygens (including phenoxy) is 2. The summed E-state index contributed by atoms with van der Waals surface area (Å²) in [6, 6.07) is 0. The molecule has 0 aromatic heterocycles. The van der Waals surface area contributed by atoms with Crippen molar-refractivity contribution in [1.29, 1.82) is 0 Å². The van der Waals surface area contributed by atoms with E-state index in [0.717, 1.165) is 25.7 Å². The summed E-state index contributed by atoms with van der Waals surface area (Å²) >= 11 is -2.55. The van der Waals surface area contributed by atoms with E-state index in [-0.39, 0.29) is 11.9 Å². The summed E-state index contributed by atoms with van der Waals surface area (Å²) in [5, 5.41) is 0. The second kappa shape index (κ2) is 18.1. The van der Waals surface area contributed by atoms with Crippen molar-refractivity contribution in [3.63, 3.8) is 0 Å². The van der Waals surface area contributed by atoms with Crippen molar-refractivity contribution >= 4 is 45.4 Å². The first-order valence-corrected chi connectivity index (χ1v) is 26.0. The van der Waals surface area contributed by atoms with Crippen LogP contribution < -0.4 is 0 Å². The van der Waals surface area contributed by atoms with Crippen molar-refractivity contribution in [2.45, 2.75) is 88.9 Å². The summed E-state index contributed by atoms with van der Waals surface area (Å²) in [6.45, 7) is 9.78. The van der Waals surface area contributed by atoms with E-state index in [1.54, 1.807) is 17.9 Å². The Kier molecular flexibility index (Phi) is 18.3. The average Bonchev–Trinajstić information content (AvgIpc) is 2.71. The van der Waals surface area contributed by atoms with Crippen LogP contribution in [-0.2, 0) is 19.1 Å². The van der Waals surface area contributed by atoms with Gasteiger partial charge >= 0.3 is 190 Å². The summed E-state index contributed by atoms with van der Waals surface area (Å²) in [4.78, 5) is 28.7. The molecule has 0 aromatic rings. The van der Waals surface area contributed by atoms with E-state index in [2.05, 4.69) is 37.6 Å². The van der Waals surface area contributed by atoms with Gasteiger partial charge in [-0.25, -0.2) is 0 Å². The maximum absolute atomic E-state index is 12.1. The molecule has 4 nitrogen and oxygen atoms in total. The third-order valence-electron chi connectivity index (χ3n) is 5.12. The second-order valence-electron chi connectivity index (χ2n) is 8.18. The van der Waals surface area contributed by atoms with E-state index in [9.17, 15) is 9.59 Å². The van der Waals surface area contributed by atoms with Gasteiger partial charge in [0.05, 0.1) is 0 Å². The number of hydrogen-bond donors (Lipinski definition) is 0. The van der Waals surface area contributed by atoms with Crippen LogP contribution in [0.5, 0.6) is 0 Å². The molecule has 0 saturated carbocycles. The van der Waals surface area contributed by atoms with Crippen molar-refractivity contribution in [2.24, 2.45) is 11.8 Å². The fourth-order valence-electron chi connectivity index (χ4n) is 2.81. The number of rotatable bonds is 18. The Morgan fingerprint density at radius 1 is 0.759 bits per heavy atom. The summed E-state index contributed by atoms with van der Waals surface area (Å²) < 4.78 is 11.0. The van der Waals surface area contributed by atoms with Crippen molar-refractivity contribution in [2.75, 3.05) is 24.7 Å². The molecule has 0 radical (unpaired) electrons. The molecular weight excluding hydrogens is 511 g/mol. The van der Waals surface area contributed by atoms with Crippen LogP contribution in [0.1, 0.15) is 79.1 Å². The van der Waals surface area contributed by atoms with Gasteiger partial charge in [-0.2, -0.15) is 0 Å². The molecule has 0 aliphatic rings. The maximum atomic E-state index is 12.1.